The minimum absolute atomic E-state index is 0.0666. The number of piperidine rings is 1. The molecule has 3 saturated heterocycles. The molecule has 0 bridgehead atoms. The summed E-state index contributed by atoms with van der Waals surface area (Å²) in [4.78, 5) is 40.8. The Balaban J connectivity index is 1.10. The molecular formula is C27H34FN3O5. The molecule has 1 aromatic rings. The highest BCUT2D eigenvalue weighted by atomic mass is 19.1. The number of rotatable bonds is 5. The summed E-state index contributed by atoms with van der Waals surface area (Å²) in [6, 6.07) is 5.28. The van der Waals surface area contributed by atoms with Gasteiger partial charge in [0.05, 0.1) is 6.61 Å². The molecule has 0 aromatic heterocycles. The first kappa shape index (κ1) is 23.9. The van der Waals surface area contributed by atoms with E-state index < -0.39 is 18.1 Å². The standard InChI is InChI=1S/C27H34FN3O5/c28-21-15-35-10-9-19(21)17-12-30(13-17)22-3-1-2-4-24(22)36-18-5-6-20-16(11-18)14-31(27(20)34)23-7-8-25(32)29-26(23)33/h5-6,11,17,19,21-24H,1-4,7-10,12-15H2,(H,29,32,33)/t19?,21-,22+,23?,24+/m1/s1. The Morgan fingerprint density at radius 3 is 2.69 bits per heavy atom. The van der Waals surface area contributed by atoms with Gasteiger partial charge in [0, 0.05) is 44.3 Å². The number of amides is 3. The van der Waals surface area contributed by atoms with Crippen molar-refractivity contribution in [2.45, 2.75) is 75.8 Å². The molecule has 1 aliphatic carbocycles. The Morgan fingerprint density at radius 2 is 1.89 bits per heavy atom. The van der Waals surface area contributed by atoms with Crippen LogP contribution in [0.4, 0.5) is 4.39 Å². The summed E-state index contributed by atoms with van der Waals surface area (Å²) in [5.74, 6) is 0.391. The zero-order valence-electron chi connectivity index (χ0n) is 20.5. The van der Waals surface area contributed by atoms with Crippen molar-refractivity contribution < 1.29 is 28.2 Å². The van der Waals surface area contributed by atoms with E-state index in [0.717, 1.165) is 50.1 Å². The number of ether oxygens (including phenoxy) is 2. The second kappa shape index (κ2) is 9.74. The number of hydrogen-bond donors (Lipinski definition) is 1. The molecule has 3 amide bonds. The lowest BCUT2D eigenvalue weighted by Gasteiger charge is -2.51. The normalized spacial score (nSPS) is 33.8. The third-order valence-corrected chi connectivity index (χ3v) is 8.80. The lowest BCUT2D eigenvalue weighted by molar-refractivity contribution is -0.136. The minimum atomic E-state index is -0.849. The Hall–Kier alpha value is -2.52. The number of imide groups is 1. The number of likely N-dealkylation sites (tertiary alicyclic amines) is 1. The second-order valence-corrected chi connectivity index (χ2v) is 11.0. The van der Waals surface area contributed by atoms with E-state index in [4.69, 9.17) is 9.47 Å². The Labute approximate surface area is 210 Å². The molecule has 2 unspecified atom stereocenters. The summed E-state index contributed by atoms with van der Waals surface area (Å²) < 4.78 is 26.1. The zero-order valence-corrected chi connectivity index (χ0v) is 20.5. The fraction of sp³-hybridized carbons (Fsp3) is 0.667. The van der Waals surface area contributed by atoms with E-state index in [1.807, 2.05) is 12.1 Å². The van der Waals surface area contributed by atoms with Crippen molar-refractivity contribution in [2.24, 2.45) is 11.8 Å². The highest BCUT2D eigenvalue weighted by Gasteiger charge is 2.44. The molecule has 4 heterocycles. The highest BCUT2D eigenvalue weighted by molar-refractivity contribution is 6.05. The smallest absolute Gasteiger partial charge is 0.255 e. The fourth-order valence-electron chi connectivity index (χ4n) is 6.77. The average molecular weight is 500 g/mol. The van der Waals surface area contributed by atoms with Gasteiger partial charge < -0.3 is 14.4 Å². The molecular weight excluding hydrogens is 465 g/mol. The number of nitrogens with one attached hydrogen (secondary N) is 1. The predicted octanol–water partition coefficient (Wildman–Crippen LogP) is 2.44. The van der Waals surface area contributed by atoms with Crippen LogP contribution in [0.1, 0.15) is 60.9 Å². The van der Waals surface area contributed by atoms with Crippen LogP contribution in [-0.2, 0) is 20.9 Å². The molecule has 1 saturated carbocycles. The van der Waals surface area contributed by atoms with Crippen LogP contribution in [0.2, 0.25) is 0 Å². The van der Waals surface area contributed by atoms with Crippen LogP contribution >= 0.6 is 0 Å². The quantitative estimate of drug-likeness (QED) is 0.627. The zero-order chi connectivity index (χ0) is 24.8. The van der Waals surface area contributed by atoms with E-state index in [-0.39, 0.29) is 36.9 Å². The van der Waals surface area contributed by atoms with Gasteiger partial charge in [-0.2, -0.15) is 0 Å². The van der Waals surface area contributed by atoms with Crippen molar-refractivity contribution in [3.8, 4) is 5.75 Å². The van der Waals surface area contributed by atoms with E-state index in [2.05, 4.69) is 10.2 Å². The molecule has 4 fully saturated rings. The Kier molecular flexibility index (Phi) is 6.46. The molecule has 36 heavy (non-hydrogen) atoms. The second-order valence-electron chi connectivity index (χ2n) is 11.0. The van der Waals surface area contributed by atoms with E-state index in [9.17, 15) is 18.8 Å². The number of hydrogen-bond acceptors (Lipinski definition) is 6. The lowest BCUT2D eigenvalue weighted by atomic mass is 9.77. The van der Waals surface area contributed by atoms with Crippen LogP contribution in [0.3, 0.4) is 0 Å². The van der Waals surface area contributed by atoms with Crippen LogP contribution in [0.5, 0.6) is 5.75 Å². The number of carbonyl (C=O) groups excluding carboxylic acids is 3. The summed E-state index contributed by atoms with van der Waals surface area (Å²) in [5.41, 5.74) is 1.45. The summed E-state index contributed by atoms with van der Waals surface area (Å²) in [7, 11) is 0. The number of fused-ring (bicyclic) bond motifs is 1. The van der Waals surface area contributed by atoms with Crippen LogP contribution in [0, 0.1) is 11.8 Å². The van der Waals surface area contributed by atoms with Gasteiger partial charge in [-0.3, -0.25) is 24.6 Å². The number of nitrogens with zero attached hydrogens (tertiary/aromatic N) is 2. The molecule has 6 rings (SSSR count). The maximum absolute atomic E-state index is 14.3. The first-order valence-electron chi connectivity index (χ1n) is 13.4. The van der Waals surface area contributed by atoms with Crippen molar-refractivity contribution in [3.05, 3.63) is 29.3 Å². The van der Waals surface area contributed by atoms with E-state index in [1.165, 1.54) is 6.42 Å². The molecule has 4 aliphatic heterocycles. The maximum atomic E-state index is 14.3. The molecule has 194 valence electrons. The molecule has 1 aromatic carbocycles. The maximum Gasteiger partial charge on any atom is 0.255 e. The highest BCUT2D eigenvalue weighted by Crippen LogP contribution is 2.38. The molecule has 8 nitrogen and oxygen atoms in total. The van der Waals surface area contributed by atoms with Crippen molar-refractivity contribution in [2.75, 3.05) is 26.3 Å². The third kappa shape index (κ3) is 4.41. The van der Waals surface area contributed by atoms with Gasteiger partial charge in [0.25, 0.3) is 5.91 Å². The third-order valence-electron chi connectivity index (χ3n) is 8.80. The van der Waals surface area contributed by atoms with Crippen molar-refractivity contribution in [3.63, 3.8) is 0 Å². The van der Waals surface area contributed by atoms with Crippen LogP contribution in [0.25, 0.3) is 0 Å². The molecule has 0 spiro atoms. The minimum Gasteiger partial charge on any atom is -0.489 e. The van der Waals surface area contributed by atoms with Gasteiger partial charge in [0.1, 0.15) is 24.1 Å². The number of carbonyl (C=O) groups is 3. The van der Waals surface area contributed by atoms with Gasteiger partial charge in [-0.05, 0) is 67.7 Å². The van der Waals surface area contributed by atoms with Crippen LogP contribution in [0.15, 0.2) is 18.2 Å². The van der Waals surface area contributed by atoms with E-state index in [1.54, 1.807) is 11.0 Å². The number of alkyl halides is 1. The summed E-state index contributed by atoms with van der Waals surface area (Å²) in [5, 5.41) is 2.34. The number of benzene rings is 1. The van der Waals surface area contributed by atoms with Gasteiger partial charge in [0.15, 0.2) is 0 Å². The molecule has 9 heteroatoms. The van der Waals surface area contributed by atoms with Gasteiger partial charge in [-0.25, -0.2) is 4.39 Å². The Morgan fingerprint density at radius 1 is 1.06 bits per heavy atom. The van der Waals surface area contributed by atoms with Crippen molar-refractivity contribution >= 4 is 17.7 Å². The topological polar surface area (TPSA) is 88.2 Å². The van der Waals surface area contributed by atoms with Gasteiger partial charge in [-0.1, -0.05) is 6.42 Å². The van der Waals surface area contributed by atoms with E-state index >= 15 is 0 Å². The lowest BCUT2D eigenvalue weighted by Crippen LogP contribution is -2.60. The molecule has 5 aliphatic rings. The average Bonchev–Trinajstić information content (AvgIpc) is 3.16. The van der Waals surface area contributed by atoms with Crippen LogP contribution < -0.4 is 10.1 Å². The summed E-state index contributed by atoms with van der Waals surface area (Å²) in [6.07, 6.45) is 4.98. The Bertz CT molecular complexity index is 1040. The molecule has 1 N–H and O–H groups in total. The predicted molar refractivity (Wildman–Crippen MR) is 128 cm³/mol. The van der Waals surface area contributed by atoms with Crippen molar-refractivity contribution in [1.82, 2.24) is 15.1 Å². The van der Waals surface area contributed by atoms with E-state index in [0.29, 0.717) is 37.1 Å². The SMILES string of the molecule is O=C1CCC(N2Cc3cc(O[C@H]4CCCC[C@@H]4N4CC(C5CCOC[C@H]5F)C4)ccc3C2=O)C(=O)N1. The first-order chi connectivity index (χ1) is 17.5. The first-order valence-corrected chi connectivity index (χ1v) is 13.4. The van der Waals surface area contributed by atoms with Crippen molar-refractivity contribution in [1.29, 1.82) is 0 Å². The van der Waals surface area contributed by atoms with Gasteiger partial charge in [0.2, 0.25) is 11.8 Å². The summed E-state index contributed by atoms with van der Waals surface area (Å²) in [6.45, 7) is 3.09. The number of halogens is 1. The molecule has 0 radical (unpaired) electrons. The largest absolute Gasteiger partial charge is 0.489 e. The molecule has 5 atom stereocenters. The fourth-order valence-corrected chi connectivity index (χ4v) is 6.77. The monoisotopic (exact) mass is 499 g/mol. The summed E-state index contributed by atoms with van der Waals surface area (Å²) >= 11 is 0. The van der Waals surface area contributed by atoms with Gasteiger partial charge >= 0.3 is 0 Å². The van der Waals surface area contributed by atoms with Gasteiger partial charge in [-0.15, -0.1) is 0 Å². The van der Waals surface area contributed by atoms with Crippen LogP contribution in [-0.4, -0.2) is 78.2 Å².